The van der Waals surface area contributed by atoms with Crippen LogP contribution >= 0.6 is 11.3 Å². The molecule has 0 bridgehead atoms. The lowest BCUT2D eigenvalue weighted by atomic mass is 10.0. The Hall–Kier alpha value is -1.88. The summed E-state index contributed by atoms with van der Waals surface area (Å²) in [7, 11) is 1.61. The first-order valence-corrected chi connectivity index (χ1v) is 8.02. The van der Waals surface area contributed by atoms with Gasteiger partial charge in [0, 0.05) is 10.4 Å². The van der Waals surface area contributed by atoms with Gasteiger partial charge in [-0.25, -0.2) is 4.98 Å². The number of thiazole rings is 1. The molecule has 0 radical (unpaired) electrons. The van der Waals surface area contributed by atoms with Gasteiger partial charge < -0.3 is 10.1 Å². The quantitative estimate of drug-likeness (QED) is 0.919. The van der Waals surface area contributed by atoms with E-state index in [0.29, 0.717) is 0 Å². The largest absolute Gasteiger partial charge is 0.496 e. The fourth-order valence-corrected chi connectivity index (χ4v) is 3.18. The zero-order chi connectivity index (χ0) is 16.3. The Morgan fingerprint density at radius 2 is 2.00 bits per heavy atom. The molecule has 1 aromatic carbocycles. The average Bonchev–Trinajstić information content (AvgIpc) is 2.79. The van der Waals surface area contributed by atoms with Crippen molar-refractivity contribution in [2.24, 2.45) is 0 Å². The molecular formula is C17H22N2O2S. The molecule has 0 aliphatic rings. The number of para-hydroxylation sites is 1. The Bertz CT molecular complexity index is 658. The number of ether oxygens (including phenoxy) is 1. The van der Waals surface area contributed by atoms with Crippen LogP contribution in [0.2, 0.25) is 0 Å². The predicted molar refractivity (Wildman–Crippen MR) is 89.5 cm³/mol. The molecule has 1 heterocycles. The van der Waals surface area contributed by atoms with Gasteiger partial charge in [-0.15, -0.1) is 11.3 Å². The van der Waals surface area contributed by atoms with E-state index in [4.69, 9.17) is 4.74 Å². The highest BCUT2D eigenvalue weighted by Gasteiger charge is 2.27. The van der Waals surface area contributed by atoms with E-state index in [9.17, 15) is 4.79 Å². The molecule has 22 heavy (non-hydrogen) atoms. The van der Waals surface area contributed by atoms with Gasteiger partial charge >= 0.3 is 0 Å². The van der Waals surface area contributed by atoms with Gasteiger partial charge in [0.1, 0.15) is 10.8 Å². The zero-order valence-corrected chi connectivity index (χ0v) is 14.5. The molecule has 0 aliphatic carbocycles. The zero-order valence-electron chi connectivity index (χ0n) is 13.7. The molecule has 0 unspecified atom stereocenters. The van der Waals surface area contributed by atoms with Gasteiger partial charge in [0.15, 0.2) is 0 Å². The number of aromatic nitrogens is 1. The third kappa shape index (κ3) is 3.65. The molecule has 1 amide bonds. The number of benzene rings is 1. The monoisotopic (exact) mass is 318 g/mol. The van der Waals surface area contributed by atoms with Crippen molar-refractivity contribution < 1.29 is 9.53 Å². The van der Waals surface area contributed by atoms with E-state index < -0.39 is 5.54 Å². The van der Waals surface area contributed by atoms with E-state index in [2.05, 4.69) is 10.3 Å². The molecule has 1 aromatic heterocycles. The second-order valence-electron chi connectivity index (χ2n) is 5.82. The Morgan fingerprint density at radius 3 is 2.59 bits per heavy atom. The summed E-state index contributed by atoms with van der Waals surface area (Å²) in [5.41, 5.74) is 1.42. The molecule has 2 rings (SSSR count). The molecule has 4 nitrogen and oxygen atoms in total. The summed E-state index contributed by atoms with van der Waals surface area (Å²) in [6, 6.07) is 7.57. The lowest BCUT2D eigenvalue weighted by Crippen LogP contribution is -2.41. The molecular weight excluding hydrogens is 296 g/mol. The molecule has 5 heteroatoms. The van der Waals surface area contributed by atoms with Gasteiger partial charge in [0.2, 0.25) is 5.91 Å². The molecule has 1 N–H and O–H groups in total. The van der Waals surface area contributed by atoms with Crippen LogP contribution in [-0.4, -0.2) is 18.0 Å². The van der Waals surface area contributed by atoms with Crippen LogP contribution in [0.1, 0.15) is 35.0 Å². The fourth-order valence-electron chi connectivity index (χ4n) is 2.21. The summed E-state index contributed by atoms with van der Waals surface area (Å²) in [5, 5.41) is 3.99. The predicted octanol–water partition coefficient (Wildman–Crippen LogP) is 3.36. The number of nitrogens with zero attached hydrogens (tertiary/aromatic N) is 1. The second kappa shape index (κ2) is 6.48. The van der Waals surface area contributed by atoms with Crippen LogP contribution in [0.4, 0.5) is 0 Å². The number of hydrogen-bond acceptors (Lipinski definition) is 4. The number of methoxy groups -OCH3 is 1. The first-order valence-electron chi connectivity index (χ1n) is 7.21. The Labute approximate surface area is 135 Å². The molecule has 0 spiro atoms. The average molecular weight is 318 g/mol. The van der Waals surface area contributed by atoms with Crippen LogP contribution in [0.5, 0.6) is 5.75 Å². The molecule has 2 aromatic rings. The van der Waals surface area contributed by atoms with Crippen LogP contribution in [0.25, 0.3) is 0 Å². The van der Waals surface area contributed by atoms with Gasteiger partial charge in [-0.1, -0.05) is 18.2 Å². The summed E-state index contributed by atoms with van der Waals surface area (Å²) in [6.45, 7) is 7.99. The summed E-state index contributed by atoms with van der Waals surface area (Å²) >= 11 is 1.63. The first-order chi connectivity index (χ1) is 10.3. The highest BCUT2D eigenvalue weighted by Crippen LogP contribution is 2.27. The van der Waals surface area contributed by atoms with Crippen LogP contribution in [0, 0.1) is 13.8 Å². The van der Waals surface area contributed by atoms with Gasteiger partial charge in [-0.05, 0) is 33.8 Å². The maximum absolute atomic E-state index is 12.4. The first kappa shape index (κ1) is 16.5. The summed E-state index contributed by atoms with van der Waals surface area (Å²) in [4.78, 5) is 18.1. The van der Waals surface area contributed by atoms with Crippen LogP contribution in [0.15, 0.2) is 24.3 Å². The fraction of sp³-hybridized carbons (Fsp3) is 0.412. The topological polar surface area (TPSA) is 51.2 Å². The van der Waals surface area contributed by atoms with Crippen molar-refractivity contribution in [2.45, 2.75) is 39.7 Å². The van der Waals surface area contributed by atoms with Gasteiger partial charge in [0.25, 0.3) is 0 Å². The molecule has 0 atom stereocenters. The number of hydrogen-bond donors (Lipinski definition) is 1. The number of nitrogens with one attached hydrogen (secondary N) is 1. The van der Waals surface area contributed by atoms with E-state index in [0.717, 1.165) is 22.0 Å². The van der Waals surface area contributed by atoms with Gasteiger partial charge in [-0.2, -0.15) is 0 Å². The number of carbonyl (C=O) groups excluding carboxylic acids is 1. The van der Waals surface area contributed by atoms with Crippen molar-refractivity contribution in [3.8, 4) is 5.75 Å². The Kier molecular flexibility index (Phi) is 4.86. The van der Waals surface area contributed by atoms with Gasteiger partial charge in [0.05, 0.1) is 24.8 Å². The summed E-state index contributed by atoms with van der Waals surface area (Å²) in [5.74, 6) is 0.691. The molecule has 0 aliphatic heterocycles. The van der Waals surface area contributed by atoms with Gasteiger partial charge in [-0.3, -0.25) is 4.79 Å². The normalized spacial score (nSPS) is 11.3. The van der Waals surface area contributed by atoms with E-state index >= 15 is 0 Å². The van der Waals surface area contributed by atoms with E-state index in [1.807, 2.05) is 52.0 Å². The number of carbonyl (C=O) groups is 1. The van der Waals surface area contributed by atoms with E-state index in [1.54, 1.807) is 18.4 Å². The lowest BCUT2D eigenvalue weighted by Gasteiger charge is -2.24. The molecule has 0 saturated carbocycles. The third-order valence-corrected chi connectivity index (χ3v) is 4.96. The van der Waals surface area contributed by atoms with E-state index in [-0.39, 0.29) is 12.3 Å². The molecule has 118 valence electrons. The Morgan fingerprint density at radius 1 is 1.32 bits per heavy atom. The van der Waals surface area contributed by atoms with E-state index in [1.165, 1.54) is 4.88 Å². The minimum atomic E-state index is -0.483. The smallest absolute Gasteiger partial charge is 0.225 e. The summed E-state index contributed by atoms with van der Waals surface area (Å²) in [6.07, 6.45) is 0.288. The molecule has 0 fully saturated rings. The summed E-state index contributed by atoms with van der Waals surface area (Å²) < 4.78 is 5.29. The van der Waals surface area contributed by atoms with Crippen molar-refractivity contribution in [3.63, 3.8) is 0 Å². The van der Waals surface area contributed by atoms with Crippen LogP contribution < -0.4 is 10.1 Å². The maximum Gasteiger partial charge on any atom is 0.225 e. The van der Waals surface area contributed by atoms with Crippen molar-refractivity contribution in [1.82, 2.24) is 10.3 Å². The highest BCUT2D eigenvalue weighted by molar-refractivity contribution is 7.11. The van der Waals surface area contributed by atoms with Crippen molar-refractivity contribution >= 4 is 17.2 Å². The highest BCUT2D eigenvalue weighted by atomic mass is 32.1. The lowest BCUT2D eigenvalue weighted by molar-refractivity contribution is -0.122. The third-order valence-electron chi connectivity index (χ3n) is 3.56. The van der Waals surface area contributed by atoms with Crippen molar-refractivity contribution in [3.05, 3.63) is 45.4 Å². The second-order valence-corrected chi connectivity index (χ2v) is 7.03. The van der Waals surface area contributed by atoms with Crippen molar-refractivity contribution in [2.75, 3.05) is 7.11 Å². The number of amides is 1. The SMILES string of the molecule is COc1ccccc1CC(=O)NC(C)(C)c1nc(C)c(C)s1. The minimum Gasteiger partial charge on any atom is -0.496 e. The van der Waals surface area contributed by atoms with Crippen molar-refractivity contribution in [1.29, 1.82) is 0 Å². The van der Waals surface area contributed by atoms with Crippen LogP contribution in [-0.2, 0) is 16.8 Å². The number of rotatable bonds is 5. The molecule has 0 saturated heterocycles. The maximum atomic E-state index is 12.4. The minimum absolute atomic E-state index is 0.0417. The standard InChI is InChI=1S/C17H22N2O2S/c1-11-12(2)22-16(18-11)17(3,4)19-15(20)10-13-8-6-7-9-14(13)21-5/h6-9H,10H2,1-5H3,(H,19,20). The van der Waals surface area contributed by atoms with Crippen LogP contribution in [0.3, 0.4) is 0 Å². The number of aryl methyl sites for hydroxylation is 2. The Balaban J connectivity index is 2.10.